The van der Waals surface area contributed by atoms with Crippen molar-refractivity contribution in [1.29, 1.82) is 0 Å². The summed E-state index contributed by atoms with van der Waals surface area (Å²) in [4.78, 5) is 15.1. The number of benzene rings is 1. The summed E-state index contributed by atoms with van der Waals surface area (Å²) in [7, 11) is 1.94. The van der Waals surface area contributed by atoms with Gasteiger partial charge in [-0.1, -0.05) is 37.6 Å². The quantitative estimate of drug-likeness (QED) is 0.884. The van der Waals surface area contributed by atoms with Gasteiger partial charge in [0.25, 0.3) is 0 Å². The molecule has 1 aliphatic rings. The maximum Gasteiger partial charge on any atom is 0.233 e. The summed E-state index contributed by atoms with van der Waals surface area (Å²) in [6, 6.07) is 8.05. The van der Waals surface area contributed by atoms with Gasteiger partial charge in [-0.05, 0) is 43.5 Å². The van der Waals surface area contributed by atoms with Gasteiger partial charge in [0.05, 0.1) is 5.41 Å². The number of carbonyl (C=O) groups is 1. The van der Waals surface area contributed by atoms with E-state index in [9.17, 15) is 4.79 Å². The number of amides is 1. The molecule has 0 aliphatic carbocycles. The predicted molar refractivity (Wildman–Crippen MR) is 95.0 cm³/mol. The van der Waals surface area contributed by atoms with Gasteiger partial charge in [0, 0.05) is 24.7 Å². The van der Waals surface area contributed by atoms with Gasteiger partial charge in [0.2, 0.25) is 5.91 Å². The van der Waals surface area contributed by atoms with Crippen molar-refractivity contribution in [1.82, 2.24) is 10.2 Å². The second-order valence-corrected chi connectivity index (χ2v) is 6.30. The number of carbonyl (C=O) groups excluding carboxylic acids is 1. The second kappa shape index (κ2) is 8.19. The Balaban J connectivity index is 0.00000242. The first-order chi connectivity index (χ1) is 10.0. The van der Waals surface area contributed by atoms with Gasteiger partial charge in [-0.25, -0.2) is 0 Å². The van der Waals surface area contributed by atoms with E-state index in [1.807, 2.05) is 36.2 Å². The van der Waals surface area contributed by atoms with Crippen LogP contribution >= 0.6 is 24.0 Å². The molecule has 1 N–H and O–H groups in total. The van der Waals surface area contributed by atoms with Crippen LogP contribution in [0.3, 0.4) is 0 Å². The fourth-order valence-corrected chi connectivity index (χ4v) is 3.45. The molecule has 1 fully saturated rings. The third-order valence-electron chi connectivity index (χ3n) is 4.92. The van der Waals surface area contributed by atoms with Crippen molar-refractivity contribution < 1.29 is 4.79 Å². The summed E-state index contributed by atoms with van der Waals surface area (Å²) in [5, 5.41) is 4.04. The lowest BCUT2D eigenvalue weighted by Gasteiger charge is -2.37. The van der Waals surface area contributed by atoms with Crippen LogP contribution in [0, 0.1) is 0 Å². The number of hydrogen-bond donors (Lipinski definition) is 1. The molecular formula is C17H26Cl2N2O. The maximum absolute atomic E-state index is 13.2. The molecule has 5 heteroatoms. The molecule has 0 radical (unpaired) electrons. The Hall–Kier alpha value is -0.770. The van der Waals surface area contributed by atoms with E-state index >= 15 is 0 Å². The molecule has 22 heavy (non-hydrogen) atoms. The summed E-state index contributed by atoms with van der Waals surface area (Å²) in [6.07, 6.45) is 2.63. The molecule has 1 aliphatic heterocycles. The molecule has 1 atom stereocenters. The molecule has 0 aromatic heterocycles. The van der Waals surface area contributed by atoms with Crippen LogP contribution in [0.15, 0.2) is 24.3 Å². The lowest BCUT2D eigenvalue weighted by atomic mass is 9.74. The van der Waals surface area contributed by atoms with Crippen LogP contribution in [0.5, 0.6) is 0 Å². The lowest BCUT2D eigenvalue weighted by Crippen LogP contribution is -2.49. The maximum atomic E-state index is 13.2. The van der Waals surface area contributed by atoms with E-state index in [0.717, 1.165) is 37.9 Å². The molecule has 3 nitrogen and oxygen atoms in total. The minimum atomic E-state index is -0.443. The predicted octanol–water partition coefficient (Wildman–Crippen LogP) is 3.64. The van der Waals surface area contributed by atoms with E-state index in [1.54, 1.807) is 0 Å². The first-order valence-electron chi connectivity index (χ1n) is 7.79. The lowest BCUT2D eigenvalue weighted by molar-refractivity contribution is -0.138. The monoisotopic (exact) mass is 344 g/mol. The molecule has 1 heterocycles. The normalized spacial score (nSPS) is 17.9. The van der Waals surface area contributed by atoms with Crippen LogP contribution in [0.2, 0.25) is 5.02 Å². The Bertz CT molecular complexity index is 480. The van der Waals surface area contributed by atoms with E-state index < -0.39 is 5.41 Å². The molecule has 1 amide bonds. The van der Waals surface area contributed by atoms with Crippen LogP contribution in [0.1, 0.15) is 38.7 Å². The van der Waals surface area contributed by atoms with E-state index in [1.165, 1.54) is 0 Å². The Morgan fingerprint density at radius 3 is 2.36 bits per heavy atom. The minimum Gasteiger partial charge on any atom is -0.341 e. The highest BCUT2D eigenvalue weighted by Gasteiger charge is 2.40. The van der Waals surface area contributed by atoms with E-state index in [0.29, 0.717) is 11.1 Å². The molecule has 0 spiro atoms. The number of likely N-dealkylation sites (N-methyl/N-ethyl adjacent to an activating group) is 1. The number of hydrogen-bond acceptors (Lipinski definition) is 2. The van der Waals surface area contributed by atoms with Gasteiger partial charge in [-0.2, -0.15) is 0 Å². The fraction of sp³-hybridized carbons (Fsp3) is 0.588. The Morgan fingerprint density at radius 2 is 1.91 bits per heavy atom. The highest BCUT2D eigenvalue weighted by molar-refractivity contribution is 6.30. The average molecular weight is 345 g/mol. The van der Waals surface area contributed by atoms with Gasteiger partial charge >= 0.3 is 0 Å². The largest absolute Gasteiger partial charge is 0.341 e. The number of rotatable bonds is 5. The van der Waals surface area contributed by atoms with Crippen LogP contribution in [0.25, 0.3) is 0 Å². The standard InChI is InChI=1S/C17H25ClN2O.ClH/c1-4-17(5-2,13-6-8-14(18)9-7-13)16(21)20(3)15-10-11-19-12-15;/h6-9,15,19H,4-5,10-12H2,1-3H3;1H. The molecular weight excluding hydrogens is 319 g/mol. The fourth-order valence-electron chi connectivity index (χ4n) is 3.33. The van der Waals surface area contributed by atoms with E-state index in [4.69, 9.17) is 11.6 Å². The molecule has 1 aromatic carbocycles. The van der Waals surface area contributed by atoms with Crippen LogP contribution < -0.4 is 5.32 Å². The first-order valence-corrected chi connectivity index (χ1v) is 8.17. The van der Waals surface area contributed by atoms with E-state index in [2.05, 4.69) is 19.2 Å². The number of nitrogens with one attached hydrogen (secondary N) is 1. The van der Waals surface area contributed by atoms with Crippen molar-refractivity contribution in [3.8, 4) is 0 Å². The number of nitrogens with zero attached hydrogens (tertiary/aromatic N) is 1. The van der Waals surface area contributed by atoms with Crippen molar-refractivity contribution in [3.63, 3.8) is 0 Å². The third kappa shape index (κ3) is 3.58. The molecule has 1 saturated heterocycles. The van der Waals surface area contributed by atoms with E-state index in [-0.39, 0.29) is 18.3 Å². The SMILES string of the molecule is CCC(CC)(C(=O)N(C)C1CCNC1)c1ccc(Cl)cc1.Cl. The van der Waals surface area contributed by atoms with Crippen LogP contribution in [-0.4, -0.2) is 37.0 Å². The van der Waals surface area contributed by atoms with Gasteiger partial charge < -0.3 is 10.2 Å². The minimum absolute atomic E-state index is 0. The molecule has 2 rings (SSSR count). The Morgan fingerprint density at radius 1 is 1.32 bits per heavy atom. The van der Waals surface area contributed by atoms with Crippen molar-refractivity contribution in [3.05, 3.63) is 34.9 Å². The molecule has 1 unspecified atom stereocenters. The second-order valence-electron chi connectivity index (χ2n) is 5.86. The summed E-state index contributed by atoms with van der Waals surface area (Å²) in [5.74, 6) is 0.225. The zero-order chi connectivity index (χ0) is 15.5. The van der Waals surface area contributed by atoms with Crippen molar-refractivity contribution in [2.24, 2.45) is 0 Å². The van der Waals surface area contributed by atoms with Gasteiger partial charge in [-0.3, -0.25) is 4.79 Å². The van der Waals surface area contributed by atoms with Crippen molar-refractivity contribution in [2.45, 2.75) is 44.6 Å². The summed E-state index contributed by atoms with van der Waals surface area (Å²) in [5.41, 5.74) is 0.627. The van der Waals surface area contributed by atoms with Crippen molar-refractivity contribution >= 4 is 29.9 Å². The average Bonchev–Trinajstić information content (AvgIpc) is 3.04. The topological polar surface area (TPSA) is 32.3 Å². The zero-order valence-corrected chi connectivity index (χ0v) is 15.1. The highest BCUT2D eigenvalue weighted by Crippen LogP contribution is 2.35. The molecule has 124 valence electrons. The van der Waals surface area contributed by atoms with Crippen LogP contribution in [0.4, 0.5) is 0 Å². The summed E-state index contributed by atoms with van der Waals surface area (Å²) >= 11 is 5.99. The smallest absolute Gasteiger partial charge is 0.233 e. The molecule has 0 bridgehead atoms. The third-order valence-corrected chi connectivity index (χ3v) is 5.17. The Kier molecular flexibility index (Phi) is 7.17. The highest BCUT2D eigenvalue weighted by atomic mass is 35.5. The number of halogens is 2. The molecule has 0 saturated carbocycles. The van der Waals surface area contributed by atoms with Gasteiger partial charge in [-0.15, -0.1) is 12.4 Å². The van der Waals surface area contributed by atoms with Crippen LogP contribution in [-0.2, 0) is 10.2 Å². The molecule has 1 aromatic rings. The summed E-state index contributed by atoms with van der Waals surface area (Å²) in [6.45, 7) is 6.08. The van der Waals surface area contributed by atoms with Gasteiger partial charge in [0.15, 0.2) is 0 Å². The Labute approximate surface area is 144 Å². The first kappa shape index (κ1) is 19.3. The zero-order valence-electron chi connectivity index (χ0n) is 13.6. The van der Waals surface area contributed by atoms with Crippen molar-refractivity contribution in [2.75, 3.05) is 20.1 Å². The van der Waals surface area contributed by atoms with Gasteiger partial charge in [0.1, 0.15) is 0 Å². The summed E-state index contributed by atoms with van der Waals surface area (Å²) < 4.78 is 0.